The van der Waals surface area contributed by atoms with Crippen LogP contribution in [0.5, 0.6) is 0 Å². The van der Waals surface area contributed by atoms with Crippen molar-refractivity contribution in [2.24, 2.45) is 5.73 Å². The highest BCUT2D eigenvalue weighted by molar-refractivity contribution is 5.86. The number of nitrogens with two attached hydrogens (primary N) is 1. The number of para-hydroxylation sites is 1. The lowest BCUT2D eigenvalue weighted by molar-refractivity contribution is 0.403. The fourth-order valence-electron chi connectivity index (χ4n) is 2.87. The first-order chi connectivity index (χ1) is 9.78. The maximum absolute atomic E-state index is 9.29. The van der Waals surface area contributed by atoms with Crippen molar-refractivity contribution in [3.63, 3.8) is 0 Å². The molecule has 3 rings (SSSR count). The first-order valence-electron chi connectivity index (χ1n) is 7.10. The van der Waals surface area contributed by atoms with E-state index >= 15 is 0 Å². The monoisotopic (exact) mass is 266 g/mol. The zero-order chi connectivity index (χ0) is 13.9. The highest BCUT2D eigenvalue weighted by Crippen LogP contribution is 2.24. The zero-order valence-electron chi connectivity index (χ0n) is 11.3. The van der Waals surface area contributed by atoms with Crippen molar-refractivity contribution < 1.29 is 0 Å². The van der Waals surface area contributed by atoms with Crippen LogP contribution in [0.15, 0.2) is 30.3 Å². The van der Waals surface area contributed by atoms with Crippen LogP contribution in [0.1, 0.15) is 31.2 Å². The summed E-state index contributed by atoms with van der Waals surface area (Å²) in [6, 6.07) is 12.2. The van der Waals surface area contributed by atoms with Crippen LogP contribution in [0.3, 0.4) is 0 Å². The second-order valence-corrected chi connectivity index (χ2v) is 5.38. The fourth-order valence-corrected chi connectivity index (χ4v) is 2.87. The first kappa shape index (κ1) is 12.9. The Morgan fingerprint density at radius 1 is 1.25 bits per heavy atom. The van der Waals surface area contributed by atoms with E-state index in [1.807, 2.05) is 30.3 Å². The summed E-state index contributed by atoms with van der Waals surface area (Å²) in [5.41, 5.74) is 7.66. The summed E-state index contributed by atoms with van der Waals surface area (Å²) in [4.78, 5) is 4.59. The van der Waals surface area contributed by atoms with Gasteiger partial charge in [-0.25, -0.2) is 4.98 Å². The average molecular weight is 266 g/mol. The number of rotatable bonds is 2. The molecule has 0 saturated heterocycles. The van der Waals surface area contributed by atoms with Gasteiger partial charge in [-0.1, -0.05) is 31.0 Å². The third-order valence-electron chi connectivity index (χ3n) is 3.99. The third kappa shape index (κ3) is 2.45. The van der Waals surface area contributed by atoms with Gasteiger partial charge in [-0.05, 0) is 25.0 Å². The Morgan fingerprint density at radius 3 is 2.85 bits per heavy atom. The SMILES string of the molecule is N#Cc1cc(NC2CCCCC2N)nc2ccccc12. The predicted octanol–water partition coefficient (Wildman–Crippen LogP) is 2.79. The van der Waals surface area contributed by atoms with E-state index in [1.165, 1.54) is 12.8 Å². The van der Waals surface area contributed by atoms with Crippen molar-refractivity contribution in [3.8, 4) is 6.07 Å². The van der Waals surface area contributed by atoms with E-state index in [9.17, 15) is 5.26 Å². The molecule has 4 nitrogen and oxygen atoms in total. The van der Waals surface area contributed by atoms with Crippen molar-refractivity contribution in [3.05, 3.63) is 35.9 Å². The van der Waals surface area contributed by atoms with Gasteiger partial charge in [0.15, 0.2) is 0 Å². The molecule has 102 valence electrons. The number of nitrogens with one attached hydrogen (secondary N) is 1. The van der Waals surface area contributed by atoms with Crippen LogP contribution in [0.25, 0.3) is 10.9 Å². The molecule has 4 heteroatoms. The Morgan fingerprint density at radius 2 is 2.05 bits per heavy atom. The molecule has 2 atom stereocenters. The lowest BCUT2D eigenvalue weighted by Gasteiger charge is -2.29. The van der Waals surface area contributed by atoms with Gasteiger partial charge in [-0.15, -0.1) is 0 Å². The number of benzene rings is 1. The van der Waals surface area contributed by atoms with Crippen LogP contribution >= 0.6 is 0 Å². The van der Waals surface area contributed by atoms with Gasteiger partial charge in [0.05, 0.1) is 17.1 Å². The van der Waals surface area contributed by atoms with Gasteiger partial charge in [0, 0.05) is 17.5 Å². The van der Waals surface area contributed by atoms with E-state index in [4.69, 9.17) is 5.73 Å². The summed E-state index contributed by atoms with van der Waals surface area (Å²) in [5.74, 6) is 0.752. The smallest absolute Gasteiger partial charge is 0.128 e. The number of hydrogen-bond acceptors (Lipinski definition) is 4. The molecule has 0 aliphatic heterocycles. The molecule has 0 radical (unpaired) electrons. The number of pyridine rings is 1. The van der Waals surface area contributed by atoms with E-state index in [0.29, 0.717) is 5.56 Å². The summed E-state index contributed by atoms with van der Waals surface area (Å²) in [6.45, 7) is 0. The van der Waals surface area contributed by atoms with Crippen molar-refractivity contribution in [2.45, 2.75) is 37.8 Å². The lowest BCUT2D eigenvalue weighted by atomic mass is 9.91. The molecule has 1 aromatic heterocycles. The topological polar surface area (TPSA) is 74.7 Å². The Kier molecular flexibility index (Phi) is 3.53. The van der Waals surface area contributed by atoms with Crippen molar-refractivity contribution in [1.29, 1.82) is 5.26 Å². The summed E-state index contributed by atoms with van der Waals surface area (Å²) in [5, 5.41) is 13.6. The zero-order valence-corrected chi connectivity index (χ0v) is 11.3. The van der Waals surface area contributed by atoms with Gasteiger partial charge in [-0.3, -0.25) is 0 Å². The Hall–Kier alpha value is -2.12. The highest BCUT2D eigenvalue weighted by atomic mass is 15.0. The molecule has 20 heavy (non-hydrogen) atoms. The highest BCUT2D eigenvalue weighted by Gasteiger charge is 2.22. The summed E-state index contributed by atoms with van der Waals surface area (Å²) < 4.78 is 0. The van der Waals surface area contributed by atoms with Crippen molar-refractivity contribution in [1.82, 2.24) is 4.98 Å². The van der Waals surface area contributed by atoms with Crippen molar-refractivity contribution >= 4 is 16.7 Å². The van der Waals surface area contributed by atoms with Gasteiger partial charge in [-0.2, -0.15) is 5.26 Å². The summed E-state index contributed by atoms with van der Waals surface area (Å²) >= 11 is 0. The molecule has 1 aromatic carbocycles. The van der Waals surface area contributed by atoms with Gasteiger partial charge in [0.1, 0.15) is 5.82 Å². The third-order valence-corrected chi connectivity index (χ3v) is 3.99. The summed E-state index contributed by atoms with van der Waals surface area (Å²) in [6.07, 6.45) is 4.52. The number of hydrogen-bond donors (Lipinski definition) is 2. The van der Waals surface area contributed by atoms with E-state index in [1.54, 1.807) is 0 Å². The van der Waals surface area contributed by atoms with Crippen LogP contribution in [0, 0.1) is 11.3 Å². The molecule has 1 heterocycles. The molecule has 1 fully saturated rings. The first-order valence-corrected chi connectivity index (χ1v) is 7.10. The molecule has 1 aliphatic rings. The molecule has 0 bridgehead atoms. The number of nitriles is 1. The van der Waals surface area contributed by atoms with Crippen LogP contribution in [-0.4, -0.2) is 17.1 Å². The quantitative estimate of drug-likeness (QED) is 0.876. The second kappa shape index (κ2) is 5.48. The number of fused-ring (bicyclic) bond motifs is 1. The maximum atomic E-state index is 9.29. The Labute approximate surface area is 118 Å². The second-order valence-electron chi connectivity index (χ2n) is 5.38. The number of nitrogens with zero attached hydrogens (tertiary/aromatic N) is 2. The maximum Gasteiger partial charge on any atom is 0.128 e. The average Bonchev–Trinajstić information content (AvgIpc) is 2.49. The fraction of sp³-hybridized carbons (Fsp3) is 0.375. The van der Waals surface area contributed by atoms with Crippen LogP contribution in [0.4, 0.5) is 5.82 Å². The molecule has 1 aliphatic carbocycles. The number of anilines is 1. The van der Waals surface area contributed by atoms with E-state index in [2.05, 4.69) is 16.4 Å². The van der Waals surface area contributed by atoms with Gasteiger partial charge in [0.25, 0.3) is 0 Å². The standard InChI is InChI=1S/C16H18N4/c17-10-11-9-16(19-14-7-3-1-5-12(11)14)20-15-8-4-2-6-13(15)18/h1,3,5,7,9,13,15H,2,4,6,8,18H2,(H,19,20). The van der Waals surface area contributed by atoms with Crippen LogP contribution < -0.4 is 11.1 Å². The molecular formula is C16H18N4. The molecule has 1 saturated carbocycles. The molecule has 0 amide bonds. The number of aromatic nitrogens is 1. The normalized spacial score (nSPS) is 22.4. The summed E-state index contributed by atoms with van der Waals surface area (Å²) in [7, 11) is 0. The molecular weight excluding hydrogens is 248 g/mol. The van der Waals surface area contributed by atoms with Crippen molar-refractivity contribution in [2.75, 3.05) is 5.32 Å². The Balaban J connectivity index is 1.94. The van der Waals surface area contributed by atoms with Crippen LogP contribution in [-0.2, 0) is 0 Å². The molecule has 0 spiro atoms. The van der Waals surface area contributed by atoms with Gasteiger partial charge < -0.3 is 11.1 Å². The van der Waals surface area contributed by atoms with E-state index in [0.717, 1.165) is 29.6 Å². The van der Waals surface area contributed by atoms with E-state index in [-0.39, 0.29) is 12.1 Å². The Bertz CT molecular complexity index is 659. The minimum Gasteiger partial charge on any atom is -0.366 e. The molecule has 2 unspecified atom stereocenters. The predicted molar refractivity (Wildman–Crippen MR) is 80.3 cm³/mol. The van der Waals surface area contributed by atoms with Gasteiger partial charge >= 0.3 is 0 Å². The molecule has 3 N–H and O–H groups in total. The molecule has 2 aromatic rings. The van der Waals surface area contributed by atoms with E-state index < -0.39 is 0 Å². The van der Waals surface area contributed by atoms with Crippen LogP contribution in [0.2, 0.25) is 0 Å². The largest absolute Gasteiger partial charge is 0.366 e. The lowest BCUT2D eigenvalue weighted by Crippen LogP contribution is -2.42. The minimum absolute atomic E-state index is 0.169. The minimum atomic E-state index is 0.169. The van der Waals surface area contributed by atoms with Gasteiger partial charge in [0.2, 0.25) is 0 Å².